The van der Waals surface area contributed by atoms with Gasteiger partial charge in [-0.3, -0.25) is 0 Å². The van der Waals surface area contributed by atoms with Crippen LogP contribution in [0.1, 0.15) is 22.3 Å². The quantitative estimate of drug-likeness (QED) is 0.187. The van der Waals surface area contributed by atoms with E-state index in [1.165, 1.54) is 88.4 Å². The second kappa shape index (κ2) is 10.9. The lowest BCUT2D eigenvalue weighted by atomic mass is 9.93. The van der Waals surface area contributed by atoms with Gasteiger partial charge in [0, 0.05) is 32.8 Å². The third-order valence-corrected chi connectivity index (χ3v) is 10.5. The van der Waals surface area contributed by atoms with Crippen LogP contribution in [0.4, 0.5) is 0 Å². The minimum Gasteiger partial charge on any atom is -0.309 e. The molecule has 0 saturated carbocycles. The van der Waals surface area contributed by atoms with Gasteiger partial charge in [0.2, 0.25) is 0 Å². The molecule has 0 atom stereocenters. The number of para-hydroxylation sites is 3. The lowest BCUT2D eigenvalue weighted by molar-refractivity contribution is 0.929. The van der Waals surface area contributed by atoms with Crippen molar-refractivity contribution < 1.29 is 0 Å². The zero-order valence-corrected chi connectivity index (χ0v) is 26.7. The van der Waals surface area contributed by atoms with E-state index in [1.54, 1.807) is 0 Å². The molecule has 48 heavy (non-hydrogen) atoms. The molecule has 0 unspecified atom stereocenters. The van der Waals surface area contributed by atoms with Crippen LogP contribution in [0.15, 0.2) is 158 Å². The Kier molecular flexibility index (Phi) is 6.17. The van der Waals surface area contributed by atoms with E-state index < -0.39 is 0 Å². The average molecular weight is 615 g/mol. The van der Waals surface area contributed by atoms with Crippen molar-refractivity contribution in [2.45, 2.75) is 25.7 Å². The number of rotatable bonds is 3. The van der Waals surface area contributed by atoms with Gasteiger partial charge in [0.15, 0.2) is 0 Å². The second-order valence-corrected chi connectivity index (χ2v) is 13.2. The van der Waals surface area contributed by atoms with E-state index in [0.29, 0.717) is 0 Å². The second-order valence-electron chi connectivity index (χ2n) is 13.2. The van der Waals surface area contributed by atoms with Crippen molar-refractivity contribution in [3.63, 3.8) is 0 Å². The number of nitrogens with zero attached hydrogens (tertiary/aromatic N) is 2. The van der Waals surface area contributed by atoms with Gasteiger partial charge < -0.3 is 9.13 Å². The highest BCUT2D eigenvalue weighted by Crippen LogP contribution is 2.41. The maximum atomic E-state index is 2.56. The molecule has 228 valence electrons. The maximum absolute atomic E-state index is 2.56. The molecule has 4 aliphatic rings. The summed E-state index contributed by atoms with van der Waals surface area (Å²) < 4.78 is 5.01. The number of benzene rings is 7. The van der Waals surface area contributed by atoms with Gasteiger partial charge in [0.1, 0.15) is 0 Å². The summed E-state index contributed by atoms with van der Waals surface area (Å²) in [6.45, 7) is 0. The highest BCUT2D eigenvalue weighted by atomic mass is 15.0. The molecule has 0 spiro atoms. The van der Waals surface area contributed by atoms with Gasteiger partial charge in [-0.15, -0.1) is 0 Å². The summed E-state index contributed by atoms with van der Waals surface area (Å²) in [5.74, 6) is 0. The van der Waals surface area contributed by atoms with Crippen LogP contribution >= 0.6 is 0 Å². The smallest absolute Gasteiger partial charge is 0.0575 e. The average Bonchev–Trinajstić information content (AvgIpc) is 3.66. The van der Waals surface area contributed by atoms with Crippen molar-refractivity contribution in [1.29, 1.82) is 0 Å². The fraction of sp³-hybridized carbons (Fsp3) is 0.0870. The third-order valence-electron chi connectivity index (χ3n) is 10.5. The normalized spacial score (nSPS) is 13.1. The molecule has 0 N–H and O–H groups in total. The zero-order chi connectivity index (χ0) is 31.6. The molecule has 2 nitrogen and oxygen atoms in total. The predicted molar refractivity (Wildman–Crippen MR) is 202 cm³/mol. The van der Waals surface area contributed by atoms with Crippen molar-refractivity contribution in [2.24, 2.45) is 0 Å². The summed E-state index contributed by atoms with van der Waals surface area (Å²) in [4.78, 5) is 0. The van der Waals surface area contributed by atoms with Gasteiger partial charge in [-0.2, -0.15) is 0 Å². The van der Waals surface area contributed by atoms with Gasteiger partial charge in [-0.1, -0.05) is 121 Å². The Labute approximate surface area is 280 Å². The molecular formula is C46H34N2. The minimum absolute atomic E-state index is 1.00. The molecule has 4 bridgehead atoms. The highest BCUT2D eigenvalue weighted by molar-refractivity contribution is 6.14. The monoisotopic (exact) mass is 614 g/mol. The molecular weight excluding hydrogens is 581 g/mol. The maximum Gasteiger partial charge on any atom is 0.0575 e. The van der Waals surface area contributed by atoms with Crippen LogP contribution in [0.2, 0.25) is 0 Å². The van der Waals surface area contributed by atoms with Crippen LogP contribution in [0, 0.1) is 0 Å². The Balaban J connectivity index is 1.24. The molecule has 0 saturated heterocycles. The van der Waals surface area contributed by atoms with Crippen molar-refractivity contribution in [3.8, 4) is 22.5 Å². The molecule has 0 radical (unpaired) electrons. The summed E-state index contributed by atoms with van der Waals surface area (Å²) in [6, 6.07) is 58.7. The van der Waals surface area contributed by atoms with Crippen molar-refractivity contribution >= 4 is 43.6 Å². The number of hydrogen-bond acceptors (Lipinski definition) is 0. The van der Waals surface area contributed by atoms with Gasteiger partial charge in [-0.25, -0.2) is 0 Å². The lowest BCUT2D eigenvalue weighted by Crippen LogP contribution is -2.02. The van der Waals surface area contributed by atoms with Crippen LogP contribution in [0.5, 0.6) is 0 Å². The zero-order valence-electron chi connectivity index (χ0n) is 26.7. The van der Waals surface area contributed by atoms with Crippen LogP contribution < -0.4 is 0 Å². The molecule has 2 aromatic heterocycles. The molecule has 13 rings (SSSR count). The van der Waals surface area contributed by atoms with E-state index >= 15 is 0 Å². The van der Waals surface area contributed by atoms with Gasteiger partial charge in [-0.05, 0) is 89.9 Å². The SMILES string of the molecule is c1ccc(-c2ccccc2-n2c3ccccc3c3cc(-n4c5ccccc5c5c6ccc(c54)CCc4ccc(cc4)CC6)ccc32)cc1. The topological polar surface area (TPSA) is 9.86 Å². The van der Waals surface area contributed by atoms with E-state index in [4.69, 9.17) is 0 Å². The predicted octanol–water partition coefficient (Wildman–Crippen LogP) is 11.4. The van der Waals surface area contributed by atoms with Gasteiger partial charge in [0.05, 0.1) is 27.8 Å². The first-order chi connectivity index (χ1) is 23.8. The summed E-state index contributed by atoms with van der Waals surface area (Å²) in [6.07, 6.45) is 4.11. The van der Waals surface area contributed by atoms with E-state index in [1.807, 2.05) is 0 Å². The van der Waals surface area contributed by atoms with Crippen LogP contribution in [0.3, 0.4) is 0 Å². The molecule has 2 heterocycles. The van der Waals surface area contributed by atoms with E-state index in [2.05, 4.69) is 167 Å². The number of aromatic nitrogens is 2. The van der Waals surface area contributed by atoms with Crippen LogP contribution in [0.25, 0.3) is 66.1 Å². The summed E-state index contributed by atoms with van der Waals surface area (Å²) in [7, 11) is 0. The first-order valence-corrected chi connectivity index (χ1v) is 17.1. The Bertz CT molecular complexity index is 2650. The molecule has 7 aromatic carbocycles. The summed E-state index contributed by atoms with van der Waals surface area (Å²) in [5, 5.41) is 5.29. The summed E-state index contributed by atoms with van der Waals surface area (Å²) in [5.41, 5.74) is 15.6. The van der Waals surface area contributed by atoms with Crippen molar-refractivity contribution in [1.82, 2.24) is 9.13 Å². The van der Waals surface area contributed by atoms with Crippen LogP contribution in [-0.4, -0.2) is 9.13 Å². The number of aryl methyl sites for hydroxylation is 4. The number of fused-ring (bicyclic) bond motifs is 4. The Morgan fingerprint density at radius 1 is 0.396 bits per heavy atom. The summed E-state index contributed by atoms with van der Waals surface area (Å²) >= 11 is 0. The molecule has 9 aromatic rings. The third kappa shape index (κ3) is 4.19. The fourth-order valence-corrected chi connectivity index (χ4v) is 8.23. The Morgan fingerprint density at radius 2 is 1.00 bits per heavy atom. The first-order valence-electron chi connectivity index (χ1n) is 17.1. The van der Waals surface area contributed by atoms with Crippen molar-refractivity contribution in [3.05, 3.63) is 180 Å². The molecule has 0 fully saturated rings. The molecule has 0 aliphatic heterocycles. The van der Waals surface area contributed by atoms with Crippen molar-refractivity contribution in [2.75, 3.05) is 0 Å². The first kappa shape index (κ1) is 27.3. The Hall–Kier alpha value is -5.86. The lowest BCUT2D eigenvalue weighted by Gasteiger charge is -2.16. The highest BCUT2D eigenvalue weighted by Gasteiger charge is 2.21. The van der Waals surface area contributed by atoms with E-state index in [0.717, 1.165) is 25.7 Å². The number of hydrogen-bond donors (Lipinski definition) is 0. The largest absolute Gasteiger partial charge is 0.309 e. The molecule has 4 aliphatic carbocycles. The van der Waals surface area contributed by atoms with E-state index in [9.17, 15) is 0 Å². The van der Waals surface area contributed by atoms with Gasteiger partial charge in [0.25, 0.3) is 0 Å². The minimum atomic E-state index is 1.00. The fourth-order valence-electron chi connectivity index (χ4n) is 8.23. The van der Waals surface area contributed by atoms with Crippen LogP contribution in [-0.2, 0) is 25.7 Å². The standard InChI is InChI=1S/C46H34N2/c1-2-10-33(11-3-1)37-12-4-7-15-41(37)48-42-16-8-5-13-38(42)40-30-36(28-29-44(40)48)47-43-17-9-6-14-39(43)45-34-24-22-31-18-20-32(21-19-31)23-25-35(27-26-34)46(45)47/h1-21,26-30H,22-25H2. The molecule has 2 heteroatoms. The van der Waals surface area contributed by atoms with Gasteiger partial charge >= 0.3 is 0 Å². The Morgan fingerprint density at radius 3 is 1.79 bits per heavy atom. The molecule has 0 amide bonds. The van der Waals surface area contributed by atoms with E-state index in [-0.39, 0.29) is 0 Å².